The quantitative estimate of drug-likeness (QED) is 0.345. The van der Waals surface area contributed by atoms with Gasteiger partial charge in [-0.25, -0.2) is 0 Å². The minimum Gasteiger partial charge on any atom is -0.452 e. The molecule has 0 fully saturated rings. The van der Waals surface area contributed by atoms with Crippen molar-refractivity contribution < 1.29 is 8.83 Å². The van der Waals surface area contributed by atoms with Crippen LogP contribution in [-0.2, 0) is 0 Å². The van der Waals surface area contributed by atoms with E-state index >= 15 is 0 Å². The lowest BCUT2D eigenvalue weighted by Gasteiger charge is -2.03. The minimum atomic E-state index is 0.758. The Morgan fingerprint density at radius 1 is 0.519 bits per heavy atom. The van der Waals surface area contributed by atoms with Gasteiger partial charge in [-0.15, -0.1) is 0 Å². The Balaban J connectivity index is 1.68. The van der Waals surface area contributed by atoms with Gasteiger partial charge in [-0.05, 0) is 41.5 Å². The van der Waals surface area contributed by atoms with Crippen LogP contribution in [0.25, 0.3) is 55.0 Å². The van der Waals surface area contributed by atoms with E-state index in [9.17, 15) is 0 Å². The summed E-state index contributed by atoms with van der Waals surface area (Å²) in [5.41, 5.74) is 6.29. The first-order valence-electron chi connectivity index (χ1n) is 8.90. The Morgan fingerprint density at radius 2 is 1.22 bits per heavy atom. The van der Waals surface area contributed by atoms with E-state index < -0.39 is 0 Å². The van der Waals surface area contributed by atoms with E-state index in [-0.39, 0.29) is 0 Å². The molecule has 0 saturated carbocycles. The number of hydrogen-bond acceptors (Lipinski definition) is 2. The topological polar surface area (TPSA) is 26.3 Å². The third-order valence-corrected chi connectivity index (χ3v) is 5.20. The zero-order valence-corrected chi connectivity index (χ0v) is 14.4. The molecule has 2 nitrogen and oxygen atoms in total. The molecule has 27 heavy (non-hydrogen) atoms. The van der Waals surface area contributed by atoms with E-state index in [1.165, 1.54) is 0 Å². The van der Waals surface area contributed by atoms with Crippen LogP contribution in [-0.4, -0.2) is 7.85 Å². The van der Waals surface area contributed by atoms with E-state index in [1.54, 1.807) is 0 Å². The molecule has 3 heteroatoms. The Hall–Kier alpha value is -3.46. The van der Waals surface area contributed by atoms with Crippen LogP contribution in [0.3, 0.4) is 0 Å². The first-order valence-corrected chi connectivity index (χ1v) is 8.90. The highest BCUT2D eigenvalue weighted by molar-refractivity contribution is 6.32. The second-order valence-corrected chi connectivity index (χ2v) is 6.86. The van der Waals surface area contributed by atoms with Crippen LogP contribution in [0.4, 0.5) is 0 Å². The van der Waals surface area contributed by atoms with Crippen LogP contribution in [0, 0.1) is 0 Å². The number of fused-ring (bicyclic) bond motifs is 7. The lowest BCUT2D eigenvalue weighted by molar-refractivity contribution is 0.633. The molecule has 0 unspecified atom stereocenters. The average molecular weight is 344 g/mol. The second kappa shape index (κ2) is 5.27. The summed E-state index contributed by atoms with van der Waals surface area (Å²) in [5, 5.41) is 4.32. The summed E-state index contributed by atoms with van der Waals surface area (Å²) in [6, 6.07) is 26.5. The fraction of sp³-hybridized carbons (Fsp3) is 0. The Kier molecular flexibility index (Phi) is 2.87. The molecule has 6 aromatic rings. The van der Waals surface area contributed by atoms with Crippen LogP contribution in [0.2, 0.25) is 0 Å². The standard InChI is InChI=1S/C24H13BO2/c25-16-5-3-4-14(12-16)15-8-11-22-20(13-15)19-10-9-18-17-6-1-2-7-21(17)26-23(18)24(19)27-22/h1-13H. The Labute approximate surface area is 156 Å². The van der Waals surface area contributed by atoms with Crippen molar-refractivity contribution in [3.63, 3.8) is 0 Å². The summed E-state index contributed by atoms with van der Waals surface area (Å²) in [6.45, 7) is 0. The molecule has 4 aromatic carbocycles. The van der Waals surface area contributed by atoms with Gasteiger partial charge >= 0.3 is 0 Å². The molecule has 0 N–H and O–H groups in total. The first kappa shape index (κ1) is 14.7. The van der Waals surface area contributed by atoms with Gasteiger partial charge in [-0.1, -0.05) is 54.0 Å². The fourth-order valence-corrected chi connectivity index (χ4v) is 3.91. The number of rotatable bonds is 1. The molecule has 0 spiro atoms. The van der Waals surface area contributed by atoms with Crippen LogP contribution in [0.15, 0.2) is 87.7 Å². The molecule has 0 atom stereocenters. The van der Waals surface area contributed by atoms with Crippen molar-refractivity contribution in [1.29, 1.82) is 0 Å². The van der Waals surface area contributed by atoms with Crippen molar-refractivity contribution >= 4 is 57.2 Å². The SMILES string of the molecule is [B]c1cccc(-c2ccc3oc4c(ccc5c6ccccc6oc54)c3c2)c1. The van der Waals surface area contributed by atoms with Gasteiger partial charge in [0.25, 0.3) is 0 Å². The van der Waals surface area contributed by atoms with Crippen molar-refractivity contribution in [3.05, 3.63) is 78.9 Å². The van der Waals surface area contributed by atoms with Crippen molar-refractivity contribution in [2.45, 2.75) is 0 Å². The average Bonchev–Trinajstić information content (AvgIpc) is 3.25. The lowest BCUT2D eigenvalue weighted by atomic mass is 9.92. The van der Waals surface area contributed by atoms with Gasteiger partial charge in [0.2, 0.25) is 0 Å². The molecular formula is C24H13BO2. The number of hydrogen-bond donors (Lipinski definition) is 0. The Morgan fingerprint density at radius 3 is 2.04 bits per heavy atom. The van der Waals surface area contributed by atoms with Gasteiger partial charge in [-0.2, -0.15) is 0 Å². The van der Waals surface area contributed by atoms with E-state index in [1.807, 2.05) is 42.5 Å². The van der Waals surface area contributed by atoms with Gasteiger partial charge in [0.1, 0.15) is 19.0 Å². The van der Waals surface area contributed by atoms with E-state index in [2.05, 4.69) is 36.4 Å². The van der Waals surface area contributed by atoms with Gasteiger partial charge in [0, 0.05) is 21.5 Å². The van der Waals surface area contributed by atoms with Crippen LogP contribution in [0.5, 0.6) is 0 Å². The summed E-state index contributed by atoms with van der Waals surface area (Å²) in [5.74, 6) is 0. The van der Waals surface area contributed by atoms with Gasteiger partial charge in [-0.3, -0.25) is 0 Å². The van der Waals surface area contributed by atoms with E-state index in [4.69, 9.17) is 16.7 Å². The molecule has 2 radical (unpaired) electrons. The van der Waals surface area contributed by atoms with E-state index in [0.717, 1.165) is 60.5 Å². The van der Waals surface area contributed by atoms with Gasteiger partial charge in [0.05, 0.1) is 0 Å². The predicted molar refractivity (Wildman–Crippen MR) is 112 cm³/mol. The normalized spacial score (nSPS) is 11.9. The minimum absolute atomic E-state index is 0.758. The van der Waals surface area contributed by atoms with Crippen molar-refractivity contribution in [3.8, 4) is 11.1 Å². The van der Waals surface area contributed by atoms with E-state index in [0.29, 0.717) is 0 Å². The van der Waals surface area contributed by atoms with Crippen LogP contribution >= 0.6 is 0 Å². The van der Waals surface area contributed by atoms with Crippen LogP contribution in [0.1, 0.15) is 0 Å². The summed E-state index contributed by atoms with van der Waals surface area (Å²) in [7, 11) is 5.95. The molecular weight excluding hydrogens is 331 g/mol. The monoisotopic (exact) mass is 344 g/mol. The number of benzene rings is 4. The largest absolute Gasteiger partial charge is 0.452 e. The van der Waals surface area contributed by atoms with Gasteiger partial charge < -0.3 is 8.83 Å². The molecule has 0 aliphatic rings. The molecule has 6 rings (SSSR count). The molecule has 0 bridgehead atoms. The highest BCUT2D eigenvalue weighted by atomic mass is 16.4. The predicted octanol–water partition coefficient (Wildman–Crippen LogP) is 5.95. The van der Waals surface area contributed by atoms with Crippen LogP contribution < -0.4 is 5.46 Å². The fourth-order valence-electron chi connectivity index (χ4n) is 3.91. The zero-order chi connectivity index (χ0) is 18.0. The summed E-state index contributed by atoms with van der Waals surface area (Å²) >= 11 is 0. The smallest absolute Gasteiger partial charge is 0.178 e. The number of para-hydroxylation sites is 1. The molecule has 0 aliphatic heterocycles. The third kappa shape index (κ3) is 2.09. The summed E-state index contributed by atoms with van der Waals surface area (Å²) < 4.78 is 12.3. The molecule has 0 saturated heterocycles. The van der Waals surface area contributed by atoms with Crippen molar-refractivity contribution in [1.82, 2.24) is 0 Å². The highest BCUT2D eigenvalue weighted by Gasteiger charge is 2.16. The highest BCUT2D eigenvalue weighted by Crippen LogP contribution is 2.39. The van der Waals surface area contributed by atoms with Crippen molar-refractivity contribution in [2.75, 3.05) is 0 Å². The summed E-state index contributed by atoms with van der Waals surface area (Å²) in [6.07, 6.45) is 0. The third-order valence-electron chi connectivity index (χ3n) is 5.20. The molecule has 2 aromatic heterocycles. The lowest BCUT2D eigenvalue weighted by Crippen LogP contribution is -2.00. The van der Waals surface area contributed by atoms with Gasteiger partial charge in [0.15, 0.2) is 11.2 Å². The summed E-state index contributed by atoms with van der Waals surface area (Å²) in [4.78, 5) is 0. The zero-order valence-electron chi connectivity index (χ0n) is 14.4. The van der Waals surface area contributed by atoms with Crippen molar-refractivity contribution in [2.24, 2.45) is 0 Å². The second-order valence-electron chi connectivity index (χ2n) is 6.86. The maximum atomic E-state index is 6.19. The molecule has 2 heterocycles. The molecule has 0 amide bonds. The Bertz CT molecular complexity index is 1490. The molecule has 0 aliphatic carbocycles. The first-order chi connectivity index (χ1) is 13.3. The molecule has 124 valence electrons. The maximum Gasteiger partial charge on any atom is 0.178 e. The number of furan rings is 2. The maximum absolute atomic E-state index is 6.19.